The molecule has 14 heteroatoms. The van der Waals surface area contributed by atoms with Gasteiger partial charge in [-0.05, 0) is 6.92 Å². The van der Waals surface area contributed by atoms with Gasteiger partial charge in [0, 0.05) is 0 Å². The highest BCUT2D eigenvalue weighted by molar-refractivity contribution is 5.31. The predicted octanol–water partition coefficient (Wildman–Crippen LogP) is 3.94. The summed E-state index contributed by atoms with van der Waals surface area (Å²) in [6.45, 7) is -0.438. The van der Waals surface area contributed by atoms with Crippen LogP contribution in [0.3, 0.4) is 0 Å². The van der Waals surface area contributed by atoms with E-state index in [1.807, 2.05) is 0 Å². The van der Waals surface area contributed by atoms with Crippen LogP contribution in [0.15, 0.2) is 0 Å². The molecular formula is C10H7F13O. The molecule has 0 bridgehead atoms. The molecule has 1 aliphatic rings. The topological polar surface area (TPSA) is 20.2 Å². The van der Waals surface area contributed by atoms with Crippen LogP contribution in [0.2, 0.25) is 0 Å². The van der Waals surface area contributed by atoms with Crippen molar-refractivity contribution in [3.63, 3.8) is 0 Å². The first-order chi connectivity index (χ1) is 10.3. The number of aliphatic hydroxyl groups is 1. The number of alkyl halides is 13. The zero-order valence-corrected chi connectivity index (χ0v) is 11.1. The van der Waals surface area contributed by atoms with E-state index in [9.17, 15) is 57.1 Å². The monoisotopic (exact) mass is 390 g/mol. The quantitative estimate of drug-likeness (QED) is 0.724. The molecule has 1 nitrogen and oxygen atoms in total. The van der Waals surface area contributed by atoms with Crippen LogP contribution in [0.5, 0.6) is 0 Å². The van der Waals surface area contributed by atoms with E-state index in [4.69, 9.17) is 5.11 Å². The van der Waals surface area contributed by atoms with E-state index >= 15 is 0 Å². The van der Waals surface area contributed by atoms with Gasteiger partial charge in [0.2, 0.25) is 6.17 Å². The van der Waals surface area contributed by atoms with Crippen LogP contribution >= 0.6 is 0 Å². The summed E-state index contributed by atoms with van der Waals surface area (Å²) >= 11 is 0. The first kappa shape index (κ1) is 21.1. The van der Waals surface area contributed by atoms with E-state index in [1.165, 1.54) is 0 Å². The minimum absolute atomic E-state index is 0.438. The van der Waals surface area contributed by atoms with Crippen molar-refractivity contribution >= 4 is 0 Å². The van der Waals surface area contributed by atoms with Gasteiger partial charge in [0.15, 0.2) is 6.17 Å². The second-order valence-corrected chi connectivity index (χ2v) is 5.14. The lowest BCUT2D eigenvalue weighted by molar-refractivity contribution is -0.471. The second-order valence-electron chi connectivity index (χ2n) is 5.14. The molecule has 0 aliphatic heterocycles. The van der Waals surface area contributed by atoms with Gasteiger partial charge < -0.3 is 5.11 Å². The average molecular weight is 390 g/mol. The summed E-state index contributed by atoms with van der Waals surface area (Å²) < 4.78 is 172. The minimum Gasteiger partial charge on any atom is -0.373 e. The van der Waals surface area contributed by atoms with Crippen molar-refractivity contribution in [2.45, 2.75) is 60.7 Å². The number of halogens is 13. The standard InChI is InChI=1S/C10H7F13O/c1-2(11)6(16,17)9(24)8(20,21)3(12)7(18,19)5(15,4(13)14)10(9,22)23/h2-4,24H,1H3. The molecule has 0 amide bonds. The number of rotatable bonds is 3. The largest absolute Gasteiger partial charge is 0.373 e. The van der Waals surface area contributed by atoms with Gasteiger partial charge in [-0.15, -0.1) is 0 Å². The average Bonchev–Trinajstić information content (AvgIpc) is 2.41. The number of hydrogen-bond acceptors (Lipinski definition) is 1. The molecule has 24 heavy (non-hydrogen) atoms. The van der Waals surface area contributed by atoms with Crippen molar-refractivity contribution in [1.29, 1.82) is 0 Å². The molecule has 1 saturated carbocycles. The lowest BCUT2D eigenvalue weighted by Crippen LogP contribution is -2.88. The molecule has 4 atom stereocenters. The van der Waals surface area contributed by atoms with Crippen molar-refractivity contribution in [2.75, 3.05) is 0 Å². The van der Waals surface area contributed by atoms with Crippen molar-refractivity contribution in [1.82, 2.24) is 0 Å². The molecular weight excluding hydrogens is 383 g/mol. The Labute approximate surface area is 124 Å². The maximum atomic E-state index is 13.7. The highest BCUT2D eigenvalue weighted by atomic mass is 19.3. The van der Waals surface area contributed by atoms with E-state index in [0.717, 1.165) is 0 Å². The molecule has 0 radical (unpaired) electrons. The summed E-state index contributed by atoms with van der Waals surface area (Å²) in [7, 11) is 0. The maximum absolute atomic E-state index is 13.7. The first-order valence-corrected chi connectivity index (χ1v) is 5.78. The molecule has 0 aromatic carbocycles. The summed E-state index contributed by atoms with van der Waals surface area (Å²) in [5, 5.41) is 8.98. The molecule has 1 rings (SSSR count). The Morgan fingerprint density at radius 3 is 1.54 bits per heavy atom. The molecule has 1 fully saturated rings. The fourth-order valence-electron chi connectivity index (χ4n) is 2.28. The fourth-order valence-corrected chi connectivity index (χ4v) is 2.28. The minimum atomic E-state index is -7.37. The molecule has 0 spiro atoms. The third-order valence-electron chi connectivity index (χ3n) is 3.80. The predicted molar refractivity (Wildman–Crippen MR) is 50.0 cm³/mol. The van der Waals surface area contributed by atoms with Crippen LogP contribution in [0.4, 0.5) is 57.1 Å². The lowest BCUT2D eigenvalue weighted by Gasteiger charge is -2.56. The molecule has 0 heterocycles. The van der Waals surface area contributed by atoms with Crippen molar-refractivity contribution < 1.29 is 62.2 Å². The van der Waals surface area contributed by atoms with E-state index in [0.29, 0.717) is 0 Å². The summed E-state index contributed by atoms with van der Waals surface area (Å²) in [6, 6.07) is 0. The van der Waals surface area contributed by atoms with Crippen LogP contribution in [0.25, 0.3) is 0 Å². The van der Waals surface area contributed by atoms with E-state index in [-0.39, 0.29) is 0 Å². The third kappa shape index (κ3) is 1.83. The Kier molecular flexibility index (Phi) is 4.43. The smallest absolute Gasteiger partial charge is 0.333 e. The van der Waals surface area contributed by atoms with Gasteiger partial charge in [0.25, 0.3) is 12.0 Å². The zero-order chi connectivity index (χ0) is 19.7. The van der Waals surface area contributed by atoms with Gasteiger partial charge in [-0.3, -0.25) is 0 Å². The van der Waals surface area contributed by atoms with Gasteiger partial charge in [-0.2, -0.15) is 35.1 Å². The highest BCUT2D eigenvalue weighted by Gasteiger charge is 2.99. The summed E-state index contributed by atoms with van der Waals surface area (Å²) in [6.07, 6.45) is -15.6. The van der Waals surface area contributed by atoms with E-state index < -0.39 is 60.7 Å². The van der Waals surface area contributed by atoms with Gasteiger partial charge in [0.05, 0.1) is 0 Å². The Morgan fingerprint density at radius 2 is 1.25 bits per heavy atom. The van der Waals surface area contributed by atoms with Gasteiger partial charge in [-0.25, -0.2) is 22.0 Å². The Morgan fingerprint density at radius 1 is 0.875 bits per heavy atom. The molecule has 0 aromatic heterocycles. The molecule has 1 N–H and O–H groups in total. The molecule has 4 unspecified atom stereocenters. The van der Waals surface area contributed by atoms with Crippen LogP contribution in [0.1, 0.15) is 6.92 Å². The Hall–Kier alpha value is -0.950. The lowest BCUT2D eigenvalue weighted by atomic mass is 9.63. The van der Waals surface area contributed by atoms with E-state index in [1.54, 1.807) is 0 Å². The Balaban J connectivity index is 3.97. The highest BCUT2D eigenvalue weighted by Crippen LogP contribution is 2.68. The van der Waals surface area contributed by atoms with Gasteiger partial charge in [0.1, 0.15) is 0 Å². The first-order valence-electron chi connectivity index (χ1n) is 5.78. The van der Waals surface area contributed by atoms with Crippen LogP contribution in [0, 0.1) is 0 Å². The third-order valence-corrected chi connectivity index (χ3v) is 3.80. The van der Waals surface area contributed by atoms with Crippen molar-refractivity contribution in [3.8, 4) is 0 Å². The molecule has 1 aliphatic carbocycles. The summed E-state index contributed by atoms with van der Waals surface area (Å²) in [5.41, 5.74) is -13.8. The number of hydrogen-bond donors (Lipinski definition) is 1. The normalized spacial score (nSPS) is 39.8. The van der Waals surface area contributed by atoms with Crippen LogP contribution in [-0.2, 0) is 0 Å². The molecule has 0 saturated heterocycles. The van der Waals surface area contributed by atoms with Crippen molar-refractivity contribution in [3.05, 3.63) is 0 Å². The second kappa shape index (κ2) is 5.04. The molecule has 144 valence electrons. The summed E-state index contributed by atoms with van der Waals surface area (Å²) in [4.78, 5) is 0. The van der Waals surface area contributed by atoms with Crippen LogP contribution < -0.4 is 0 Å². The Bertz CT molecular complexity index is 503. The maximum Gasteiger partial charge on any atom is 0.333 e. The van der Waals surface area contributed by atoms with Crippen LogP contribution in [-0.4, -0.2) is 58.8 Å². The van der Waals surface area contributed by atoms with Gasteiger partial charge >= 0.3 is 29.4 Å². The fraction of sp³-hybridized carbons (Fsp3) is 1.00. The summed E-state index contributed by atoms with van der Waals surface area (Å²) in [5.74, 6) is -27.7. The van der Waals surface area contributed by atoms with Crippen molar-refractivity contribution in [2.24, 2.45) is 0 Å². The zero-order valence-electron chi connectivity index (χ0n) is 11.1. The SMILES string of the molecule is CC(F)C(F)(F)C1(O)C(F)(F)C(F)C(F)(F)C(F)(C(F)F)C1(F)F. The van der Waals surface area contributed by atoms with E-state index in [2.05, 4.69) is 0 Å². The van der Waals surface area contributed by atoms with Gasteiger partial charge in [-0.1, -0.05) is 0 Å². The molecule has 0 aromatic rings.